The second-order valence-corrected chi connectivity index (χ2v) is 2.83. The molecule has 4 N–H and O–H groups in total. The van der Waals surface area contributed by atoms with Crippen molar-refractivity contribution >= 4 is 0 Å². The van der Waals surface area contributed by atoms with Gasteiger partial charge in [-0.1, -0.05) is 26.7 Å². The van der Waals surface area contributed by atoms with Crippen LogP contribution in [0.2, 0.25) is 0 Å². The molecular formula is C9H20N2. The first-order chi connectivity index (χ1) is 5.26. The zero-order valence-electron chi connectivity index (χ0n) is 7.69. The average Bonchev–Trinajstić information content (AvgIpc) is 2.00. The first-order valence-electron chi connectivity index (χ1n) is 4.42. The van der Waals surface area contributed by atoms with E-state index in [2.05, 4.69) is 13.8 Å². The maximum absolute atomic E-state index is 5.82. The molecule has 0 unspecified atom stereocenters. The Kier molecular flexibility index (Phi) is 5.94. The third-order valence-corrected chi connectivity index (χ3v) is 1.77. The Bertz CT molecular complexity index is 128. The highest BCUT2D eigenvalue weighted by Crippen LogP contribution is 2.09. The van der Waals surface area contributed by atoms with Crippen molar-refractivity contribution in [2.75, 3.05) is 6.54 Å². The van der Waals surface area contributed by atoms with Crippen LogP contribution in [0.4, 0.5) is 0 Å². The zero-order chi connectivity index (χ0) is 8.69. The van der Waals surface area contributed by atoms with Crippen molar-refractivity contribution in [2.24, 2.45) is 11.5 Å². The molecule has 2 nitrogen and oxygen atoms in total. The predicted molar refractivity (Wildman–Crippen MR) is 50.1 cm³/mol. The predicted octanol–water partition coefficient (Wildman–Crippen LogP) is 1.76. The van der Waals surface area contributed by atoms with E-state index in [1.54, 1.807) is 0 Å². The van der Waals surface area contributed by atoms with E-state index in [4.69, 9.17) is 11.5 Å². The Morgan fingerprint density at radius 3 is 2.00 bits per heavy atom. The van der Waals surface area contributed by atoms with E-state index in [1.807, 2.05) is 0 Å². The number of allylic oxidation sites excluding steroid dienone is 1. The van der Waals surface area contributed by atoms with Crippen LogP contribution in [0, 0.1) is 0 Å². The van der Waals surface area contributed by atoms with Crippen LogP contribution in [0.25, 0.3) is 0 Å². The molecule has 0 aliphatic carbocycles. The lowest BCUT2D eigenvalue weighted by molar-refractivity contribution is 0.807. The van der Waals surface area contributed by atoms with Crippen molar-refractivity contribution in [2.45, 2.75) is 39.5 Å². The quantitative estimate of drug-likeness (QED) is 0.637. The lowest BCUT2D eigenvalue weighted by Crippen LogP contribution is -2.11. The van der Waals surface area contributed by atoms with E-state index in [0.29, 0.717) is 6.54 Å². The molecule has 0 fully saturated rings. The van der Waals surface area contributed by atoms with Gasteiger partial charge in [0.25, 0.3) is 0 Å². The summed E-state index contributed by atoms with van der Waals surface area (Å²) < 4.78 is 0. The zero-order valence-corrected chi connectivity index (χ0v) is 7.69. The van der Waals surface area contributed by atoms with Gasteiger partial charge in [0.1, 0.15) is 0 Å². The summed E-state index contributed by atoms with van der Waals surface area (Å²) in [5, 5.41) is 0. The van der Waals surface area contributed by atoms with Crippen molar-refractivity contribution in [1.82, 2.24) is 0 Å². The highest BCUT2D eigenvalue weighted by molar-refractivity contribution is 5.12. The lowest BCUT2D eigenvalue weighted by Gasteiger charge is -2.07. The van der Waals surface area contributed by atoms with Crippen molar-refractivity contribution < 1.29 is 0 Å². The second-order valence-electron chi connectivity index (χ2n) is 2.83. The monoisotopic (exact) mass is 156 g/mol. The van der Waals surface area contributed by atoms with Gasteiger partial charge >= 0.3 is 0 Å². The van der Waals surface area contributed by atoms with Crippen LogP contribution in [-0.4, -0.2) is 6.54 Å². The van der Waals surface area contributed by atoms with E-state index in [1.165, 1.54) is 5.57 Å². The summed E-state index contributed by atoms with van der Waals surface area (Å²) in [5.41, 5.74) is 13.6. The van der Waals surface area contributed by atoms with Gasteiger partial charge in [-0.2, -0.15) is 0 Å². The van der Waals surface area contributed by atoms with Crippen molar-refractivity contribution in [1.29, 1.82) is 0 Å². The number of hydrogen-bond donors (Lipinski definition) is 2. The molecule has 0 radical (unpaired) electrons. The molecule has 0 aromatic carbocycles. The van der Waals surface area contributed by atoms with E-state index in [9.17, 15) is 0 Å². The van der Waals surface area contributed by atoms with Gasteiger partial charge in [-0.3, -0.25) is 0 Å². The van der Waals surface area contributed by atoms with Crippen molar-refractivity contribution in [3.05, 3.63) is 11.3 Å². The van der Waals surface area contributed by atoms with Crippen LogP contribution in [0.5, 0.6) is 0 Å². The Morgan fingerprint density at radius 2 is 1.64 bits per heavy atom. The Morgan fingerprint density at radius 1 is 1.09 bits per heavy atom. The number of hydrogen-bond acceptors (Lipinski definition) is 2. The minimum atomic E-state index is 0.625. The minimum Gasteiger partial charge on any atom is -0.402 e. The maximum Gasteiger partial charge on any atom is 0.0156 e. The maximum atomic E-state index is 5.82. The van der Waals surface area contributed by atoms with Crippen LogP contribution in [0.3, 0.4) is 0 Å². The fraction of sp³-hybridized carbons (Fsp3) is 0.778. The average molecular weight is 156 g/mol. The molecule has 0 heterocycles. The molecule has 2 heteroatoms. The summed E-state index contributed by atoms with van der Waals surface area (Å²) in [6, 6.07) is 0. The Hall–Kier alpha value is -0.500. The molecule has 0 aromatic rings. The minimum absolute atomic E-state index is 0.625. The summed E-state index contributed by atoms with van der Waals surface area (Å²) >= 11 is 0. The first kappa shape index (κ1) is 10.5. The van der Waals surface area contributed by atoms with Gasteiger partial charge in [-0.05, 0) is 18.4 Å². The molecule has 0 aromatic heterocycles. The molecule has 0 amide bonds. The molecule has 66 valence electrons. The van der Waals surface area contributed by atoms with Gasteiger partial charge in [-0.25, -0.2) is 0 Å². The molecule has 11 heavy (non-hydrogen) atoms. The fourth-order valence-corrected chi connectivity index (χ4v) is 1.14. The van der Waals surface area contributed by atoms with Crippen LogP contribution in [0.1, 0.15) is 39.5 Å². The number of nitrogens with two attached hydrogens (primary N) is 2. The first-order valence-corrected chi connectivity index (χ1v) is 4.42. The molecule has 0 spiro atoms. The van der Waals surface area contributed by atoms with E-state index in [-0.39, 0.29) is 0 Å². The van der Waals surface area contributed by atoms with Gasteiger partial charge in [0, 0.05) is 12.2 Å². The smallest absolute Gasteiger partial charge is 0.0156 e. The topological polar surface area (TPSA) is 52.0 Å². The van der Waals surface area contributed by atoms with Crippen LogP contribution < -0.4 is 11.5 Å². The highest BCUT2D eigenvalue weighted by Gasteiger charge is 1.98. The normalized spacial score (nSPS) is 13.0. The van der Waals surface area contributed by atoms with E-state index >= 15 is 0 Å². The van der Waals surface area contributed by atoms with Crippen LogP contribution in [0.15, 0.2) is 11.3 Å². The van der Waals surface area contributed by atoms with Crippen molar-refractivity contribution in [3.8, 4) is 0 Å². The molecule has 0 atom stereocenters. The lowest BCUT2D eigenvalue weighted by atomic mass is 10.1. The molecule has 0 aliphatic heterocycles. The summed E-state index contributed by atoms with van der Waals surface area (Å²) in [6.45, 7) is 4.90. The van der Waals surface area contributed by atoms with Gasteiger partial charge in [0.15, 0.2) is 0 Å². The molecule has 0 aliphatic rings. The van der Waals surface area contributed by atoms with Gasteiger partial charge < -0.3 is 11.5 Å². The third kappa shape index (κ3) is 4.04. The third-order valence-electron chi connectivity index (χ3n) is 1.77. The molecule has 0 saturated carbocycles. The highest BCUT2D eigenvalue weighted by atomic mass is 14.6. The summed E-state index contributed by atoms with van der Waals surface area (Å²) in [7, 11) is 0. The van der Waals surface area contributed by atoms with Gasteiger partial charge in [0.05, 0.1) is 0 Å². The summed E-state index contributed by atoms with van der Waals surface area (Å²) in [4.78, 5) is 0. The Balaban J connectivity index is 4.02. The standard InChI is InChI=1S/C9H20N2/c1-3-5-8(7-10)9(11)6-4-2/h3-7,10-11H2,1-2H3. The van der Waals surface area contributed by atoms with Crippen LogP contribution in [-0.2, 0) is 0 Å². The Labute approximate surface area is 69.6 Å². The summed E-state index contributed by atoms with van der Waals surface area (Å²) in [6.07, 6.45) is 4.30. The largest absolute Gasteiger partial charge is 0.402 e. The van der Waals surface area contributed by atoms with Crippen LogP contribution >= 0.6 is 0 Å². The van der Waals surface area contributed by atoms with E-state index < -0.39 is 0 Å². The van der Waals surface area contributed by atoms with Crippen molar-refractivity contribution in [3.63, 3.8) is 0 Å². The molecule has 0 rings (SSSR count). The fourth-order valence-electron chi connectivity index (χ4n) is 1.14. The second kappa shape index (κ2) is 6.23. The van der Waals surface area contributed by atoms with Gasteiger partial charge in [0.2, 0.25) is 0 Å². The van der Waals surface area contributed by atoms with E-state index in [0.717, 1.165) is 31.4 Å². The summed E-state index contributed by atoms with van der Waals surface area (Å²) in [5.74, 6) is 0. The molecule has 0 bridgehead atoms. The van der Waals surface area contributed by atoms with Gasteiger partial charge in [-0.15, -0.1) is 0 Å². The molecule has 0 saturated heterocycles. The number of rotatable bonds is 5. The SMILES string of the molecule is CCCC(N)=C(CN)CCC. The molecular weight excluding hydrogens is 136 g/mol.